The van der Waals surface area contributed by atoms with Gasteiger partial charge in [-0.05, 0) is 36.2 Å². The molecule has 2 N–H and O–H groups in total. The number of aromatic nitrogens is 3. The molecule has 1 amide bonds. The lowest BCUT2D eigenvalue weighted by Crippen LogP contribution is -2.46. The second kappa shape index (κ2) is 11.3. The molecular formula is C26H28N6O2. The summed E-state index contributed by atoms with van der Waals surface area (Å²) >= 11 is 0. The molecule has 3 aromatic rings. The van der Waals surface area contributed by atoms with E-state index in [2.05, 4.69) is 48.2 Å². The van der Waals surface area contributed by atoms with Crippen molar-refractivity contribution < 1.29 is 9.90 Å². The van der Waals surface area contributed by atoms with E-state index in [9.17, 15) is 9.90 Å². The maximum absolute atomic E-state index is 12.0. The van der Waals surface area contributed by atoms with Crippen molar-refractivity contribution >= 4 is 11.7 Å². The standard InChI is InChI=1S/C26H28N6O2/c1-2-11-28-26(34)24-9-10-25(30-29-24)32-14-12-31(13-15-32)19-22-6-4-3-5-21(22)8-7-20-16-23(33)18-27-17-20/h3-6,9-10,16-18,33H,2,11-15,19H2,1H3,(H,28,34). The molecule has 1 fully saturated rings. The van der Waals surface area contributed by atoms with Gasteiger partial charge in [-0.15, -0.1) is 10.2 Å². The van der Waals surface area contributed by atoms with Gasteiger partial charge in [0, 0.05) is 56.6 Å². The van der Waals surface area contributed by atoms with Crippen molar-refractivity contribution in [2.75, 3.05) is 37.6 Å². The van der Waals surface area contributed by atoms with E-state index in [0.717, 1.165) is 50.5 Å². The maximum Gasteiger partial charge on any atom is 0.271 e. The number of benzene rings is 1. The normalized spacial score (nSPS) is 13.7. The molecule has 0 radical (unpaired) electrons. The van der Waals surface area contributed by atoms with Crippen LogP contribution in [0.3, 0.4) is 0 Å². The number of carbonyl (C=O) groups is 1. The zero-order valence-electron chi connectivity index (χ0n) is 19.2. The van der Waals surface area contributed by atoms with Crippen molar-refractivity contribution in [3.63, 3.8) is 0 Å². The lowest BCUT2D eigenvalue weighted by Gasteiger charge is -2.35. The summed E-state index contributed by atoms with van der Waals surface area (Å²) in [6.07, 6.45) is 3.91. The summed E-state index contributed by atoms with van der Waals surface area (Å²) in [6.45, 7) is 6.88. The van der Waals surface area contributed by atoms with Crippen LogP contribution in [0.25, 0.3) is 0 Å². The van der Waals surface area contributed by atoms with Crippen LogP contribution < -0.4 is 10.2 Å². The van der Waals surface area contributed by atoms with Gasteiger partial charge in [-0.25, -0.2) is 0 Å². The highest BCUT2D eigenvalue weighted by molar-refractivity contribution is 5.92. The highest BCUT2D eigenvalue weighted by Crippen LogP contribution is 2.17. The van der Waals surface area contributed by atoms with Gasteiger partial charge in [-0.2, -0.15) is 0 Å². The van der Waals surface area contributed by atoms with Gasteiger partial charge in [0.1, 0.15) is 5.75 Å². The molecule has 4 rings (SSSR count). The molecule has 0 bridgehead atoms. The summed E-state index contributed by atoms with van der Waals surface area (Å²) in [4.78, 5) is 20.6. The summed E-state index contributed by atoms with van der Waals surface area (Å²) in [5.74, 6) is 7.02. The Bertz CT molecular complexity index is 1180. The van der Waals surface area contributed by atoms with Gasteiger partial charge in [0.2, 0.25) is 0 Å². The van der Waals surface area contributed by atoms with E-state index in [0.29, 0.717) is 17.8 Å². The van der Waals surface area contributed by atoms with E-state index >= 15 is 0 Å². The maximum atomic E-state index is 12.0. The highest BCUT2D eigenvalue weighted by Gasteiger charge is 2.19. The van der Waals surface area contributed by atoms with Crippen LogP contribution in [0.2, 0.25) is 0 Å². The van der Waals surface area contributed by atoms with Crippen molar-refractivity contribution in [3.05, 3.63) is 77.2 Å². The molecule has 0 unspecified atom stereocenters. The van der Waals surface area contributed by atoms with Crippen LogP contribution in [0.4, 0.5) is 5.82 Å². The predicted octanol–water partition coefficient (Wildman–Crippen LogP) is 2.44. The van der Waals surface area contributed by atoms with Crippen LogP contribution in [0.15, 0.2) is 54.9 Å². The zero-order chi connectivity index (χ0) is 23.8. The largest absolute Gasteiger partial charge is 0.506 e. The number of carbonyl (C=O) groups excluding carboxylic acids is 1. The molecule has 0 atom stereocenters. The SMILES string of the molecule is CCCNC(=O)c1ccc(N2CCN(Cc3ccccc3C#Cc3cncc(O)c3)CC2)nn1. The van der Waals surface area contributed by atoms with Gasteiger partial charge in [0.15, 0.2) is 11.5 Å². The number of piperazine rings is 1. The Morgan fingerprint density at radius 2 is 1.88 bits per heavy atom. The summed E-state index contributed by atoms with van der Waals surface area (Å²) in [5.41, 5.74) is 3.16. The van der Waals surface area contributed by atoms with Gasteiger partial charge in [-0.1, -0.05) is 37.0 Å². The second-order valence-corrected chi connectivity index (χ2v) is 8.13. The number of nitrogens with zero attached hydrogens (tertiary/aromatic N) is 5. The molecule has 1 aliphatic rings. The van der Waals surface area contributed by atoms with Gasteiger partial charge >= 0.3 is 0 Å². The van der Waals surface area contributed by atoms with E-state index in [1.54, 1.807) is 18.3 Å². The fourth-order valence-corrected chi connectivity index (χ4v) is 3.74. The van der Waals surface area contributed by atoms with Gasteiger partial charge in [-0.3, -0.25) is 14.7 Å². The Hall–Kier alpha value is -3.96. The minimum Gasteiger partial charge on any atom is -0.506 e. The van der Waals surface area contributed by atoms with Crippen LogP contribution in [-0.4, -0.2) is 63.8 Å². The second-order valence-electron chi connectivity index (χ2n) is 8.13. The van der Waals surface area contributed by atoms with Crippen molar-refractivity contribution in [1.82, 2.24) is 25.4 Å². The number of amides is 1. The first-order chi connectivity index (χ1) is 16.6. The first-order valence-electron chi connectivity index (χ1n) is 11.5. The first kappa shape index (κ1) is 23.2. The molecule has 8 heteroatoms. The molecule has 1 aromatic carbocycles. The first-order valence-corrected chi connectivity index (χ1v) is 11.5. The molecule has 174 valence electrons. The third-order valence-electron chi connectivity index (χ3n) is 5.59. The van der Waals surface area contributed by atoms with E-state index in [-0.39, 0.29) is 11.7 Å². The van der Waals surface area contributed by atoms with Crippen LogP contribution in [-0.2, 0) is 6.54 Å². The monoisotopic (exact) mass is 456 g/mol. The highest BCUT2D eigenvalue weighted by atomic mass is 16.3. The molecule has 2 aromatic heterocycles. The summed E-state index contributed by atoms with van der Waals surface area (Å²) in [6, 6.07) is 13.3. The van der Waals surface area contributed by atoms with Crippen molar-refractivity contribution in [2.24, 2.45) is 0 Å². The molecule has 1 saturated heterocycles. The lowest BCUT2D eigenvalue weighted by molar-refractivity contribution is 0.0947. The number of hydrogen-bond donors (Lipinski definition) is 2. The third kappa shape index (κ3) is 6.09. The fraction of sp³-hybridized carbons (Fsp3) is 0.308. The summed E-state index contributed by atoms with van der Waals surface area (Å²) in [5, 5.41) is 20.8. The number of anilines is 1. The molecule has 34 heavy (non-hydrogen) atoms. The molecule has 0 aliphatic carbocycles. The summed E-state index contributed by atoms with van der Waals surface area (Å²) in [7, 11) is 0. The third-order valence-corrected chi connectivity index (χ3v) is 5.59. The summed E-state index contributed by atoms with van der Waals surface area (Å²) < 4.78 is 0. The number of nitrogens with one attached hydrogen (secondary N) is 1. The van der Waals surface area contributed by atoms with Crippen molar-refractivity contribution in [3.8, 4) is 17.6 Å². The Morgan fingerprint density at radius 1 is 1.06 bits per heavy atom. The predicted molar refractivity (Wildman–Crippen MR) is 130 cm³/mol. The van der Waals surface area contributed by atoms with Crippen LogP contribution in [0.1, 0.15) is 40.5 Å². The Labute approximate surface area is 199 Å². The Morgan fingerprint density at radius 3 is 2.62 bits per heavy atom. The molecule has 3 heterocycles. The lowest BCUT2D eigenvalue weighted by atomic mass is 10.1. The Kier molecular flexibility index (Phi) is 7.68. The molecule has 8 nitrogen and oxygen atoms in total. The zero-order valence-corrected chi connectivity index (χ0v) is 19.2. The van der Waals surface area contributed by atoms with Gasteiger partial charge in [0.05, 0.1) is 6.20 Å². The van der Waals surface area contributed by atoms with Crippen LogP contribution in [0, 0.1) is 11.8 Å². The number of hydrogen-bond acceptors (Lipinski definition) is 7. The minimum atomic E-state index is -0.187. The van der Waals surface area contributed by atoms with E-state index < -0.39 is 0 Å². The van der Waals surface area contributed by atoms with E-state index in [1.807, 2.05) is 31.2 Å². The fourth-order valence-electron chi connectivity index (χ4n) is 3.74. The quantitative estimate of drug-likeness (QED) is 0.550. The average molecular weight is 457 g/mol. The molecular weight excluding hydrogens is 428 g/mol. The van der Waals surface area contributed by atoms with Gasteiger partial charge in [0.25, 0.3) is 5.91 Å². The average Bonchev–Trinajstić information content (AvgIpc) is 2.87. The number of pyridine rings is 1. The molecule has 0 spiro atoms. The number of rotatable bonds is 6. The number of aromatic hydroxyl groups is 1. The molecule has 0 saturated carbocycles. The Balaban J connectivity index is 1.35. The van der Waals surface area contributed by atoms with Gasteiger partial charge < -0.3 is 15.3 Å². The van der Waals surface area contributed by atoms with Crippen molar-refractivity contribution in [1.29, 1.82) is 0 Å². The van der Waals surface area contributed by atoms with Crippen molar-refractivity contribution in [2.45, 2.75) is 19.9 Å². The minimum absolute atomic E-state index is 0.108. The van der Waals surface area contributed by atoms with E-state index in [4.69, 9.17) is 0 Å². The smallest absolute Gasteiger partial charge is 0.271 e. The van der Waals surface area contributed by atoms with E-state index in [1.165, 1.54) is 11.8 Å². The topological polar surface area (TPSA) is 94.5 Å². The van der Waals surface area contributed by atoms with Crippen LogP contribution in [0.5, 0.6) is 5.75 Å². The molecule has 1 aliphatic heterocycles. The van der Waals surface area contributed by atoms with Crippen LogP contribution >= 0.6 is 0 Å².